The minimum Gasteiger partial charge on any atom is -0.478 e. The highest BCUT2D eigenvalue weighted by atomic mass is 16.4. The van der Waals surface area contributed by atoms with Gasteiger partial charge in [0, 0.05) is 0 Å². The Hall–Kier alpha value is -1.31. The summed E-state index contributed by atoms with van der Waals surface area (Å²) in [4.78, 5) is 10.0. The topological polar surface area (TPSA) is 37.3 Å². The highest BCUT2D eigenvalue weighted by Crippen LogP contribution is 1.91. The summed E-state index contributed by atoms with van der Waals surface area (Å²) in [6, 6.07) is 0. The van der Waals surface area contributed by atoms with Gasteiger partial charge in [-0.1, -0.05) is 25.3 Å². The van der Waals surface area contributed by atoms with E-state index in [1.165, 1.54) is 18.2 Å². The van der Waals surface area contributed by atoms with Gasteiger partial charge in [-0.3, -0.25) is 0 Å². The molecule has 0 unspecified atom stereocenters. The lowest BCUT2D eigenvalue weighted by Gasteiger charge is -1.85. The molecule has 0 amide bonds. The Morgan fingerprint density at radius 2 is 2.11 bits per heavy atom. The number of aliphatic carboxylic acids is 1. The van der Waals surface area contributed by atoms with Crippen molar-refractivity contribution in [1.29, 1.82) is 0 Å². The number of hydrogen-bond donors (Lipinski definition) is 1. The summed E-state index contributed by atoms with van der Waals surface area (Å²) in [5.41, 5.74) is 0.0647. The summed E-state index contributed by atoms with van der Waals surface area (Å²) >= 11 is 0. The smallest absolute Gasteiger partial charge is 0.335 e. The van der Waals surface area contributed by atoms with Crippen LogP contribution in [-0.2, 0) is 4.79 Å². The highest BCUT2D eigenvalue weighted by Gasteiger charge is 1.95. The second-order valence-corrected chi connectivity index (χ2v) is 1.43. The van der Waals surface area contributed by atoms with Crippen molar-refractivity contribution in [1.82, 2.24) is 0 Å². The third-order valence-corrected chi connectivity index (χ3v) is 0.708. The van der Waals surface area contributed by atoms with Gasteiger partial charge in [-0.25, -0.2) is 4.79 Å². The largest absolute Gasteiger partial charge is 0.478 e. The first-order chi connectivity index (χ1) is 4.18. The predicted octanol–water partition coefficient (Wildman–Crippen LogP) is 1.37. The van der Waals surface area contributed by atoms with Gasteiger partial charge in [-0.2, -0.15) is 0 Å². The minimum atomic E-state index is -1.01. The molecule has 0 heterocycles. The lowest BCUT2D eigenvalue weighted by molar-refractivity contribution is -0.132. The Bertz CT molecular complexity index is 166. The summed E-state index contributed by atoms with van der Waals surface area (Å²) in [7, 11) is 0. The zero-order valence-electron chi connectivity index (χ0n) is 5.00. The van der Waals surface area contributed by atoms with Gasteiger partial charge in [-0.15, -0.1) is 0 Å². The van der Waals surface area contributed by atoms with Crippen LogP contribution in [0.4, 0.5) is 0 Å². The average Bonchev–Trinajstić information content (AvgIpc) is 1.82. The van der Waals surface area contributed by atoms with Crippen LogP contribution in [-0.4, -0.2) is 11.1 Å². The molecule has 48 valence electrons. The maximum Gasteiger partial charge on any atom is 0.335 e. The number of carboxylic acids is 1. The van der Waals surface area contributed by atoms with Crippen LogP contribution in [0.1, 0.15) is 0 Å². The van der Waals surface area contributed by atoms with Crippen LogP contribution in [0.2, 0.25) is 0 Å². The van der Waals surface area contributed by atoms with Gasteiger partial charge >= 0.3 is 5.97 Å². The quantitative estimate of drug-likeness (QED) is 0.455. The van der Waals surface area contributed by atoms with Crippen molar-refractivity contribution in [3.63, 3.8) is 0 Å². The van der Waals surface area contributed by atoms with E-state index in [-0.39, 0.29) is 5.57 Å². The second kappa shape index (κ2) is 3.66. The van der Waals surface area contributed by atoms with E-state index in [0.717, 1.165) is 0 Å². The molecule has 0 radical (unpaired) electrons. The lowest BCUT2D eigenvalue weighted by Crippen LogP contribution is -1.94. The van der Waals surface area contributed by atoms with Gasteiger partial charge in [0.15, 0.2) is 0 Å². The van der Waals surface area contributed by atoms with Crippen molar-refractivity contribution in [3.8, 4) is 0 Å². The molecule has 0 saturated heterocycles. The number of allylic oxidation sites excluding steroid dienone is 2. The maximum absolute atomic E-state index is 10.0. The van der Waals surface area contributed by atoms with E-state index in [1.54, 1.807) is 0 Å². The summed E-state index contributed by atoms with van der Waals surface area (Å²) in [5, 5.41) is 8.22. The molecule has 0 spiro atoms. The molecule has 0 aliphatic carbocycles. The standard InChI is InChI=1S/C7H8O2/c1-3-4-5-6(2)7(8)9/h3-5H,1-2H2,(H,8,9). The van der Waals surface area contributed by atoms with Gasteiger partial charge in [0.05, 0.1) is 5.57 Å². The molecule has 0 bridgehead atoms. The van der Waals surface area contributed by atoms with Gasteiger partial charge in [0.2, 0.25) is 0 Å². The van der Waals surface area contributed by atoms with Crippen LogP contribution in [0.5, 0.6) is 0 Å². The molecule has 0 aromatic rings. The molecular weight excluding hydrogens is 116 g/mol. The van der Waals surface area contributed by atoms with Gasteiger partial charge in [0.25, 0.3) is 0 Å². The molecule has 2 nitrogen and oxygen atoms in total. The van der Waals surface area contributed by atoms with Crippen molar-refractivity contribution in [2.75, 3.05) is 0 Å². The third-order valence-electron chi connectivity index (χ3n) is 0.708. The maximum atomic E-state index is 10.0. The number of rotatable bonds is 3. The SMILES string of the molecule is C=CC=CC(=C)C(=O)O. The van der Waals surface area contributed by atoms with E-state index in [9.17, 15) is 4.79 Å². The zero-order chi connectivity index (χ0) is 7.28. The van der Waals surface area contributed by atoms with Gasteiger partial charge < -0.3 is 5.11 Å². The Balaban J connectivity index is 3.92. The fraction of sp³-hybridized carbons (Fsp3) is 0. The van der Waals surface area contributed by atoms with Gasteiger partial charge in [0.1, 0.15) is 0 Å². The second-order valence-electron chi connectivity index (χ2n) is 1.43. The van der Waals surface area contributed by atoms with Crippen LogP contribution in [0, 0.1) is 0 Å². The molecule has 0 fully saturated rings. The first-order valence-electron chi connectivity index (χ1n) is 2.39. The predicted molar refractivity (Wildman–Crippen MR) is 36.1 cm³/mol. The third kappa shape index (κ3) is 3.29. The molecule has 0 saturated carbocycles. The van der Waals surface area contributed by atoms with Crippen molar-refractivity contribution in [3.05, 3.63) is 37.0 Å². The highest BCUT2D eigenvalue weighted by molar-refractivity contribution is 5.88. The van der Waals surface area contributed by atoms with Crippen LogP contribution < -0.4 is 0 Å². The van der Waals surface area contributed by atoms with Gasteiger partial charge in [-0.05, 0) is 6.08 Å². The molecule has 2 heteroatoms. The number of carboxylic acid groups (broad SMARTS) is 1. The molecule has 0 aliphatic heterocycles. The van der Waals surface area contributed by atoms with E-state index in [2.05, 4.69) is 13.2 Å². The number of hydrogen-bond acceptors (Lipinski definition) is 1. The summed E-state index contributed by atoms with van der Waals surface area (Å²) < 4.78 is 0. The fourth-order valence-corrected chi connectivity index (χ4v) is 0.255. The van der Waals surface area contributed by atoms with Crippen LogP contribution >= 0.6 is 0 Å². The molecule has 0 aliphatic rings. The Kier molecular flexibility index (Phi) is 3.13. The first-order valence-corrected chi connectivity index (χ1v) is 2.39. The fourth-order valence-electron chi connectivity index (χ4n) is 0.255. The lowest BCUT2D eigenvalue weighted by atomic mass is 10.3. The van der Waals surface area contributed by atoms with Crippen LogP contribution in [0.25, 0.3) is 0 Å². The Morgan fingerprint density at radius 3 is 2.44 bits per heavy atom. The summed E-state index contributed by atoms with van der Waals surface area (Å²) in [6.45, 7) is 6.63. The Morgan fingerprint density at radius 1 is 1.56 bits per heavy atom. The van der Waals surface area contributed by atoms with E-state index in [0.29, 0.717) is 0 Å². The monoisotopic (exact) mass is 124 g/mol. The Labute approximate surface area is 53.8 Å². The normalized spacial score (nSPS) is 9.33. The van der Waals surface area contributed by atoms with Crippen molar-refractivity contribution in [2.45, 2.75) is 0 Å². The van der Waals surface area contributed by atoms with Crippen molar-refractivity contribution in [2.24, 2.45) is 0 Å². The molecule has 0 aromatic heterocycles. The van der Waals surface area contributed by atoms with Crippen molar-refractivity contribution >= 4 is 5.97 Å². The van der Waals surface area contributed by atoms with Crippen molar-refractivity contribution < 1.29 is 9.90 Å². The zero-order valence-corrected chi connectivity index (χ0v) is 5.00. The molecular formula is C7H8O2. The van der Waals surface area contributed by atoms with E-state index >= 15 is 0 Å². The van der Waals surface area contributed by atoms with E-state index in [4.69, 9.17) is 5.11 Å². The average molecular weight is 124 g/mol. The first kappa shape index (κ1) is 7.69. The summed E-state index contributed by atoms with van der Waals surface area (Å²) in [5.74, 6) is -1.01. The molecule has 0 atom stereocenters. The van der Waals surface area contributed by atoms with Crippen LogP contribution in [0.3, 0.4) is 0 Å². The minimum absolute atomic E-state index is 0.0647. The molecule has 0 aromatic carbocycles. The molecule has 0 rings (SSSR count). The molecule has 1 N–H and O–H groups in total. The van der Waals surface area contributed by atoms with E-state index in [1.807, 2.05) is 0 Å². The number of carbonyl (C=O) groups is 1. The summed E-state index contributed by atoms with van der Waals surface area (Å²) in [6.07, 6.45) is 4.40. The van der Waals surface area contributed by atoms with E-state index < -0.39 is 5.97 Å². The van der Waals surface area contributed by atoms with Crippen LogP contribution in [0.15, 0.2) is 37.0 Å². The molecule has 9 heavy (non-hydrogen) atoms.